The fourth-order valence-electron chi connectivity index (χ4n) is 3.82. The Bertz CT molecular complexity index is 1330. The summed E-state index contributed by atoms with van der Waals surface area (Å²) in [6.45, 7) is 3.38. The van der Waals surface area contributed by atoms with Crippen LogP contribution in [0.15, 0.2) is 48.3 Å². The van der Waals surface area contributed by atoms with Gasteiger partial charge in [0.05, 0.1) is 31.5 Å². The average molecular weight is 480 g/mol. The summed E-state index contributed by atoms with van der Waals surface area (Å²) in [5.74, 6) is -2.06. The van der Waals surface area contributed by atoms with Gasteiger partial charge in [-0.15, -0.1) is 0 Å². The Balaban J connectivity index is 1.93. The van der Waals surface area contributed by atoms with Crippen LogP contribution in [0.4, 0.5) is 5.13 Å². The van der Waals surface area contributed by atoms with Crippen LogP contribution in [0.1, 0.15) is 38.1 Å². The predicted molar refractivity (Wildman–Crippen MR) is 125 cm³/mol. The molecular formula is C24H21N3O6S. The zero-order valence-corrected chi connectivity index (χ0v) is 19.7. The van der Waals surface area contributed by atoms with Gasteiger partial charge in [-0.3, -0.25) is 19.5 Å². The number of benzene rings is 1. The van der Waals surface area contributed by atoms with Crippen molar-refractivity contribution in [3.63, 3.8) is 0 Å². The van der Waals surface area contributed by atoms with Crippen LogP contribution in [0.5, 0.6) is 5.75 Å². The van der Waals surface area contributed by atoms with Gasteiger partial charge in [-0.1, -0.05) is 17.4 Å². The molecule has 3 aromatic rings. The lowest BCUT2D eigenvalue weighted by molar-refractivity contribution is -0.132. The molecule has 0 aliphatic carbocycles. The molecule has 3 heterocycles. The minimum atomic E-state index is -0.994. The number of rotatable bonds is 5. The lowest BCUT2D eigenvalue weighted by Gasteiger charge is -2.22. The number of carbonyl (C=O) groups is 3. The molecule has 1 N–H and O–H groups in total. The number of ether oxygens (including phenoxy) is 2. The smallest absolute Gasteiger partial charge is 0.350 e. The highest BCUT2D eigenvalue weighted by molar-refractivity contribution is 7.17. The Morgan fingerprint density at radius 1 is 1.18 bits per heavy atom. The van der Waals surface area contributed by atoms with Crippen LogP contribution in [0.2, 0.25) is 0 Å². The molecule has 1 unspecified atom stereocenters. The molecule has 9 nitrogen and oxygen atoms in total. The van der Waals surface area contributed by atoms with Gasteiger partial charge in [-0.25, -0.2) is 9.78 Å². The summed E-state index contributed by atoms with van der Waals surface area (Å²) in [5, 5.41) is 11.4. The molecule has 174 valence electrons. The summed E-state index contributed by atoms with van der Waals surface area (Å²) in [6, 6.07) is 7.38. The van der Waals surface area contributed by atoms with Crippen molar-refractivity contribution in [3.8, 4) is 5.75 Å². The van der Waals surface area contributed by atoms with Gasteiger partial charge in [0.15, 0.2) is 5.13 Å². The zero-order valence-electron chi connectivity index (χ0n) is 18.9. The molecule has 1 fully saturated rings. The third-order valence-electron chi connectivity index (χ3n) is 5.50. The van der Waals surface area contributed by atoms with Gasteiger partial charge < -0.3 is 14.6 Å². The maximum atomic E-state index is 13.2. The summed E-state index contributed by atoms with van der Waals surface area (Å²) < 4.78 is 10.0. The largest absolute Gasteiger partial charge is 0.507 e. The molecule has 1 amide bonds. The maximum absolute atomic E-state index is 13.2. The second-order valence-corrected chi connectivity index (χ2v) is 8.52. The minimum Gasteiger partial charge on any atom is -0.507 e. The molecule has 34 heavy (non-hydrogen) atoms. The van der Waals surface area contributed by atoms with Gasteiger partial charge in [0.2, 0.25) is 0 Å². The zero-order chi connectivity index (χ0) is 24.6. The quantitative estimate of drug-likeness (QED) is 0.255. The number of hydrogen-bond donors (Lipinski definition) is 1. The van der Waals surface area contributed by atoms with Gasteiger partial charge in [0.25, 0.3) is 5.78 Å². The third-order valence-corrected chi connectivity index (χ3v) is 6.63. The first kappa shape index (κ1) is 23.1. The third kappa shape index (κ3) is 3.81. The number of esters is 1. The summed E-state index contributed by atoms with van der Waals surface area (Å²) in [4.78, 5) is 48.5. The Morgan fingerprint density at radius 3 is 2.56 bits per heavy atom. The summed E-state index contributed by atoms with van der Waals surface area (Å²) in [5.41, 5.74) is 1.81. The number of aliphatic hydroxyl groups is 1. The first-order valence-electron chi connectivity index (χ1n) is 10.2. The van der Waals surface area contributed by atoms with Gasteiger partial charge in [0.1, 0.15) is 16.4 Å². The van der Waals surface area contributed by atoms with E-state index in [0.717, 1.165) is 11.3 Å². The highest BCUT2D eigenvalue weighted by Gasteiger charge is 2.48. The predicted octanol–water partition coefficient (Wildman–Crippen LogP) is 3.58. The standard InChI is InChI=1S/C24H21N3O6S/c1-12-10-15(32-3)7-8-16(12)19(28)17-18(14-6-5-9-25-11-14)27(22(30)20(17)29)24-26-13(2)21(34-24)23(31)33-4/h5-11,18,28H,1-4H3/b19-17+. The monoisotopic (exact) mass is 479 g/mol. The summed E-state index contributed by atoms with van der Waals surface area (Å²) in [7, 11) is 2.78. The number of amides is 1. The van der Waals surface area contributed by atoms with Gasteiger partial charge in [-0.2, -0.15) is 0 Å². The fourth-order valence-corrected chi connectivity index (χ4v) is 4.84. The molecule has 0 spiro atoms. The van der Waals surface area contributed by atoms with E-state index < -0.39 is 23.7 Å². The van der Waals surface area contributed by atoms with Crippen LogP contribution in [-0.2, 0) is 14.3 Å². The second kappa shape index (κ2) is 9.06. The minimum absolute atomic E-state index is 0.0984. The van der Waals surface area contributed by atoms with Crippen LogP contribution < -0.4 is 9.64 Å². The lowest BCUT2D eigenvalue weighted by Crippen LogP contribution is -2.29. The molecule has 1 atom stereocenters. The number of ketones is 1. The van der Waals surface area contributed by atoms with Crippen molar-refractivity contribution in [2.24, 2.45) is 0 Å². The molecule has 1 aromatic carbocycles. The first-order valence-corrected chi connectivity index (χ1v) is 11.0. The maximum Gasteiger partial charge on any atom is 0.350 e. The van der Waals surface area contributed by atoms with Gasteiger partial charge in [0, 0.05) is 18.0 Å². The Hall–Kier alpha value is -4.05. The van der Waals surface area contributed by atoms with Crippen LogP contribution in [0.3, 0.4) is 0 Å². The van der Waals surface area contributed by atoms with Crippen LogP contribution in [-0.4, -0.2) is 47.0 Å². The summed E-state index contributed by atoms with van der Waals surface area (Å²) in [6.07, 6.45) is 3.07. The number of aliphatic hydroxyl groups excluding tert-OH is 1. The SMILES string of the molecule is COC(=O)c1sc(N2C(=O)C(=O)/C(=C(/O)c3ccc(OC)cc3C)C2c2cccnc2)nc1C. The molecule has 1 saturated heterocycles. The number of hydrogen-bond acceptors (Lipinski definition) is 9. The van der Waals surface area contributed by atoms with Crippen molar-refractivity contribution >= 4 is 39.9 Å². The first-order chi connectivity index (χ1) is 16.3. The van der Waals surface area contributed by atoms with Gasteiger partial charge >= 0.3 is 11.9 Å². The van der Waals surface area contributed by atoms with E-state index >= 15 is 0 Å². The highest BCUT2D eigenvalue weighted by atomic mass is 32.1. The van der Waals surface area contributed by atoms with Crippen LogP contribution in [0.25, 0.3) is 5.76 Å². The molecule has 1 aliphatic rings. The van der Waals surface area contributed by atoms with E-state index in [1.807, 2.05) is 0 Å². The molecule has 0 bridgehead atoms. The van der Waals surface area contributed by atoms with E-state index in [-0.39, 0.29) is 21.3 Å². The van der Waals surface area contributed by atoms with E-state index in [9.17, 15) is 19.5 Å². The van der Waals surface area contributed by atoms with E-state index in [0.29, 0.717) is 28.1 Å². The fraction of sp³-hybridized carbons (Fsp3) is 0.208. The summed E-state index contributed by atoms with van der Waals surface area (Å²) >= 11 is 0.937. The molecule has 0 radical (unpaired) electrons. The number of nitrogens with zero attached hydrogens (tertiary/aromatic N) is 3. The van der Waals surface area contributed by atoms with Crippen molar-refractivity contribution < 1.29 is 29.0 Å². The second-order valence-electron chi connectivity index (χ2n) is 7.54. The number of methoxy groups -OCH3 is 2. The van der Waals surface area contributed by atoms with E-state index in [1.54, 1.807) is 50.4 Å². The number of carbonyl (C=O) groups excluding carboxylic acids is 3. The number of aromatic nitrogens is 2. The number of pyridine rings is 1. The number of aryl methyl sites for hydroxylation is 2. The van der Waals surface area contributed by atoms with E-state index in [4.69, 9.17) is 9.47 Å². The van der Waals surface area contributed by atoms with E-state index in [2.05, 4.69) is 9.97 Å². The highest BCUT2D eigenvalue weighted by Crippen LogP contribution is 2.44. The van der Waals surface area contributed by atoms with Crippen LogP contribution >= 0.6 is 11.3 Å². The number of Topliss-reactive ketones (excluding diaryl/α,β-unsaturated/α-hetero) is 1. The Kier molecular flexibility index (Phi) is 6.16. The van der Waals surface area contributed by atoms with Crippen molar-refractivity contribution in [2.75, 3.05) is 19.1 Å². The molecule has 2 aromatic heterocycles. The molecule has 10 heteroatoms. The molecule has 0 saturated carbocycles. The average Bonchev–Trinajstić information content (AvgIpc) is 3.35. The molecule has 4 rings (SSSR count). The topological polar surface area (TPSA) is 119 Å². The van der Waals surface area contributed by atoms with Crippen molar-refractivity contribution in [2.45, 2.75) is 19.9 Å². The van der Waals surface area contributed by atoms with Crippen molar-refractivity contribution in [1.29, 1.82) is 0 Å². The van der Waals surface area contributed by atoms with Crippen LogP contribution in [0, 0.1) is 13.8 Å². The number of anilines is 1. The normalized spacial score (nSPS) is 17.2. The van der Waals surface area contributed by atoms with E-state index in [1.165, 1.54) is 25.3 Å². The van der Waals surface area contributed by atoms with Crippen molar-refractivity contribution in [1.82, 2.24) is 9.97 Å². The Labute approximate surface area is 199 Å². The molecular weight excluding hydrogens is 458 g/mol. The van der Waals surface area contributed by atoms with Gasteiger partial charge in [-0.05, 0) is 49.2 Å². The van der Waals surface area contributed by atoms with Crippen molar-refractivity contribution in [3.05, 3.63) is 75.6 Å². The molecule has 1 aliphatic heterocycles. The number of thiazole rings is 1. The Morgan fingerprint density at radius 2 is 1.94 bits per heavy atom. The lowest BCUT2D eigenvalue weighted by atomic mass is 9.95.